The molecule has 3 rings (SSSR count). The number of aromatic amines is 1. The Morgan fingerprint density at radius 3 is 2.36 bits per heavy atom. The van der Waals surface area contributed by atoms with Crippen LogP contribution in [-0.2, 0) is 0 Å². The van der Waals surface area contributed by atoms with Crippen molar-refractivity contribution in [2.24, 2.45) is 5.41 Å². The van der Waals surface area contributed by atoms with Gasteiger partial charge in [-0.15, -0.1) is 0 Å². The molecule has 0 spiro atoms. The number of ketones is 1. The van der Waals surface area contributed by atoms with E-state index in [4.69, 9.17) is 24.3 Å². The molecule has 0 saturated heterocycles. The van der Waals surface area contributed by atoms with Gasteiger partial charge in [0.1, 0.15) is 5.52 Å². The number of likely N-dealkylation sites (N-methyl/N-ethyl adjacent to an activating group) is 1. The lowest BCUT2D eigenvalue weighted by Crippen LogP contribution is -2.31. The minimum Gasteiger partial charge on any atom is -0.493 e. The molecule has 2 heterocycles. The SMILES string of the molecule is COc1cc(-c2cnc3[nH]cc(C(=O)C(C)(C)CCN(C)CCO)c3n2)cc(OC)c1OC. The monoisotopic (exact) mass is 456 g/mol. The van der Waals surface area contributed by atoms with Crippen molar-refractivity contribution in [3.05, 3.63) is 30.1 Å². The number of hydrogen-bond acceptors (Lipinski definition) is 8. The number of ether oxygens (including phenoxy) is 3. The van der Waals surface area contributed by atoms with E-state index in [1.165, 1.54) is 0 Å². The van der Waals surface area contributed by atoms with E-state index in [0.717, 1.165) is 5.56 Å². The molecule has 0 saturated carbocycles. The van der Waals surface area contributed by atoms with Gasteiger partial charge in [-0.25, -0.2) is 9.97 Å². The third-order valence-corrected chi connectivity index (χ3v) is 5.80. The van der Waals surface area contributed by atoms with Gasteiger partial charge < -0.3 is 29.2 Å². The van der Waals surface area contributed by atoms with Gasteiger partial charge in [-0.05, 0) is 32.1 Å². The second-order valence-corrected chi connectivity index (χ2v) is 8.56. The quantitative estimate of drug-likeness (QED) is 0.424. The molecule has 0 amide bonds. The maximum Gasteiger partial charge on any atom is 0.203 e. The highest BCUT2D eigenvalue weighted by atomic mass is 16.5. The molecule has 2 aromatic heterocycles. The number of carbonyl (C=O) groups excluding carboxylic acids is 1. The standard InChI is InChI=1S/C24H32N4O5/c1-24(2,7-8-28(3)9-10-29)22(30)16-13-25-23-20(16)27-17(14-26-23)15-11-18(31-4)21(33-6)19(12-15)32-5/h11-14,29H,7-10H2,1-6H3,(H,25,26). The van der Waals surface area contributed by atoms with Gasteiger partial charge in [0.05, 0.1) is 45.4 Å². The number of Topliss-reactive ketones (excluding diaryl/α,β-unsaturated/α-hetero) is 1. The molecule has 0 radical (unpaired) electrons. The average Bonchev–Trinajstić information content (AvgIpc) is 3.24. The topological polar surface area (TPSA) is 110 Å². The predicted octanol–water partition coefficient (Wildman–Crippen LogP) is 3.17. The van der Waals surface area contributed by atoms with Gasteiger partial charge in [0.15, 0.2) is 22.9 Å². The molecule has 0 aliphatic carbocycles. The molecular formula is C24H32N4O5. The number of aliphatic hydroxyl groups is 1. The van der Waals surface area contributed by atoms with Crippen LogP contribution < -0.4 is 14.2 Å². The second-order valence-electron chi connectivity index (χ2n) is 8.56. The van der Waals surface area contributed by atoms with E-state index >= 15 is 0 Å². The molecule has 0 atom stereocenters. The van der Waals surface area contributed by atoms with Crippen molar-refractivity contribution in [2.75, 3.05) is 48.1 Å². The van der Waals surface area contributed by atoms with E-state index in [-0.39, 0.29) is 12.4 Å². The van der Waals surface area contributed by atoms with Crippen molar-refractivity contribution < 1.29 is 24.1 Å². The van der Waals surface area contributed by atoms with Gasteiger partial charge in [-0.2, -0.15) is 0 Å². The predicted molar refractivity (Wildman–Crippen MR) is 126 cm³/mol. The molecule has 0 bridgehead atoms. The molecule has 0 unspecified atom stereocenters. The number of hydrogen-bond donors (Lipinski definition) is 2. The van der Waals surface area contributed by atoms with E-state index in [2.05, 4.69) is 9.97 Å². The summed E-state index contributed by atoms with van der Waals surface area (Å²) >= 11 is 0. The third-order valence-electron chi connectivity index (χ3n) is 5.80. The fourth-order valence-corrected chi connectivity index (χ4v) is 3.66. The molecule has 2 N–H and O–H groups in total. The summed E-state index contributed by atoms with van der Waals surface area (Å²) in [6.07, 6.45) is 3.96. The summed E-state index contributed by atoms with van der Waals surface area (Å²) in [5, 5.41) is 9.11. The van der Waals surface area contributed by atoms with E-state index in [9.17, 15) is 4.79 Å². The summed E-state index contributed by atoms with van der Waals surface area (Å²) in [5.74, 6) is 1.49. The van der Waals surface area contributed by atoms with Crippen LogP contribution in [0.25, 0.3) is 22.4 Å². The summed E-state index contributed by atoms with van der Waals surface area (Å²) in [6, 6.07) is 3.60. The van der Waals surface area contributed by atoms with Crippen LogP contribution in [0.15, 0.2) is 24.5 Å². The lowest BCUT2D eigenvalue weighted by atomic mass is 9.81. The van der Waals surface area contributed by atoms with E-state index in [0.29, 0.717) is 59.2 Å². The highest BCUT2D eigenvalue weighted by Gasteiger charge is 2.31. The van der Waals surface area contributed by atoms with E-state index < -0.39 is 5.41 Å². The Hall–Kier alpha value is -3.17. The molecule has 9 heteroatoms. The first-order valence-electron chi connectivity index (χ1n) is 10.7. The Bertz CT molecular complexity index is 1100. The van der Waals surface area contributed by atoms with Crippen molar-refractivity contribution in [1.29, 1.82) is 0 Å². The number of rotatable bonds is 11. The molecule has 0 fully saturated rings. The zero-order valence-electron chi connectivity index (χ0n) is 20.1. The zero-order valence-corrected chi connectivity index (χ0v) is 20.1. The smallest absolute Gasteiger partial charge is 0.203 e. The Balaban J connectivity index is 1.98. The van der Waals surface area contributed by atoms with Crippen LogP contribution in [0, 0.1) is 5.41 Å². The zero-order chi connectivity index (χ0) is 24.2. The van der Waals surface area contributed by atoms with Crippen molar-refractivity contribution >= 4 is 16.9 Å². The first-order chi connectivity index (χ1) is 15.7. The first kappa shape index (κ1) is 24.5. The third kappa shape index (κ3) is 5.09. The highest BCUT2D eigenvalue weighted by molar-refractivity contribution is 6.08. The lowest BCUT2D eigenvalue weighted by Gasteiger charge is -2.25. The number of benzene rings is 1. The summed E-state index contributed by atoms with van der Waals surface area (Å²) in [4.78, 5) is 27.7. The number of nitrogens with one attached hydrogen (secondary N) is 1. The molecule has 3 aromatic rings. The summed E-state index contributed by atoms with van der Waals surface area (Å²) in [6.45, 7) is 5.21. The normalized spacial score (nSPS) is 11.8. The second kappa shape index (κ2) is 10.2. The van der Waals surface area contributed by atoms with Gasteiger partial charge in [0.25, 0.3) is 0 Å². The van der Waals surface area contributed by atoms with Crippen LogP contribution in [-0.4, -0.2) is 78.8 Å². The number of aromatic nitrogens is 3. The number of H-pyrrole nitrogens is 1. The van der Waals surface area contributed by atoms with Gasteiger partial charge in [-0.3, -0.25) is 4.79 Å². The summed E-state index contributed by atoms with van der Waals surface area (Å²) in [7, 11) is 6.59. The maximum atomic E-state index is 13.4. The van der Waals surface area contributed by atoms with E-state index in [1.54, 1.807) is 45.9 Å². The number of aliphatic hydroxyl groups excluding tert-OH is 1. The van der Waals surface area contributed by atoms with Gasteiger partial charge in [-0.1, -0.05) is 13.8 Å². The Morgan fingerprint density at radius 1 is 1.12 bits per heavy atom. The molecule has 178 valence electrons. The molecular weight excluding hydrogens is 424 g/mol. The van der Waals surface area contributed by atoms with Crippen LogP contribution in [0.5, 0.6) is 17.2 Å². The van der Waals surface area contributed by atoms with Crippen molar-refractivity contribution in [1.82, 2.24) is 19.9 Å². The van der Waals surface area contributed by atoms with Gasteiger partial charge in [0.2, 0.25) is 5.75 Å². The fourth-order valence-electron chi connectivity index (χ4n) is 3.66. The average molecular weight is 457 g/mol. The minimum atomic E-state index is -0.608. The van der Waals surface area contributed by atoms with Crippen LogP contribution >= 0.6 is 0 Å². The van der Waals surface area contributed by atoms with Crippen molar-refractivity contribution in [3.8, 4) is 28.5 Å². The molecule has 0 aliphatic rings. The van der Waals surface area contributed by atoms with Crippen molar-refractivity contribution in [2.45, 2.75) is 20.3 Å². The number of fused-ring (bicyclic) bond motifs is 1. The minimum absolute atomic E-state index is 0.0116. The Labute approximate surface area is 193 Å². The van der Waals surface area contributed by atoms with Crippen LogP contribution in [0.3, 0.4) is 0 Å². The Kier molecular flexibility index (Phi) is 7.55. The maximum absolute atomic E-state index is 13.4. The van der Waals surface area contributed by atoms with E-state index in [1.807, 2.05) is 25.8 Å². The van der Waals surface area contributed by atoms with Crippen LogP contribution in [0.2, 0.25) is 0 Å². The lowest BCUT2D eigenvalue weighted by molar-refractivity contribution is 0.0810. The molecule has 9 nitrogen and oxygen atoms in total. The van der Waals surface area contributed by atoms with Gasteiger partial charge in [0, 0.05) is 23.7 Å². The molecule has 33 heavy (non-hydrogen) atoms. The number of methoxy groups -OCH3 is 3. The fraction of sp³-hybridized carbons (Fsp3) is 0.458. The number of carbonyl (C=O) groups is 1. The first-order valence-corrected chi connectivity index (χ1v) is 10.7. The van der Waals surface area contributed by atoms with Crippen LogP contribution in [0.4, 0.5) is 0 Å². The summed E-state index contributed by atoms with van der Waals surface area (Å²) in [5.41, 5.74) is 2.26. The van der Waals surface area contributed by atoms with Crippen molar-refractivity contribution in [3.63, 3.8) is 0 Å². The van der Waals surface area contributed by atoms with Gasteiger partial charge >= 0.3 is 0 Å². The highest BCUT2D eigenvalue weighted by Crippen LogP contribution is 2.41. The van der Waals surface area contributed by atoms with Crippen LogP contribution in [0.1, 0.15) is 30.6 Å². The summed E-state index contributed by atoms with van der Waals surface area (Å²) < 4.78 is 16.3. The molecule has 0 aliphatic heterocycles. The number of nitrogens with zero attached hydrogens (tertiary/aromatic N) is 3. The largest absolute Gasteiger partial charge is 0.493 e. The Morgan fingerprint density at radius 2 is 1.79 bits per heavy atom. The molecule has 1 aromatic carbocycles.